The maximum Gasteiger partial charge on any atom is 0.269 e. The average molecular weight is 315 g/mol. The molecule has 1 aromatic carbocycles. The predicted octanol–water partition coefficient (Wildman–Crippen LogP) is 2.72. The van der Waals surface area contributed by atoms with E-state index in [0.717, 1.165) is 37.4 Å². The van der Waals surface area contributed by atoms with E-state index >= 15 is 0 Å². The molecule has 0 spiro atoms. The first kappa shape index (κ1) is 13.3. The molecule has 1 fully saturated rings. The lowest BCUT2D eigenvalue weighted by atomic mass is 10.1. The van der Waals surface area contributed by atoms with E-state index in [0.29, 0.717) is 11.9 Å². The van der Waals surface area contributed by atoms with Crippen molar-refractivity contribution in [3.63, 3.8) is 0 Å². The normalized spacial score (nSPS) is 16.4. The van der Waals surface area contributed by atoms with Crippen LogP contribution in [0.1, 0.15) is 12.0 Å². The fourth-order valence-corrected chi connectivity index (χ4v) is 2.54. The molecule has 0 aliphatic carbocycles. The highest BCUT2D eigenvalue weighted by atomic mass is 79.9. The Morgan fingerprint density at radius 3 is 2.94 bits per heavy atom. The average Bonchev–Trinajstić information content (AvgIpc) is 2.66. The molecule has 5 nitrogen and oxygen atoms in total. The third-order valence-electron chi connectivity index (χ3n) is 2.98. The van der Waals surface area contributed by atoms with Gasteiger partial charge in [-0.3, -0.25) is 10.1 Å². The number of nitrogens with zero attached hydrogens (tertiary/aromatic N) is 2. The molecule has 0 saturated carbocycles. The molecule has 0 atom stereocenters. The van der Waals surface area contributed by atoms with Gasteiger partial charge in [0, 0.05) is 42.8 Å². The largest absolute Gasteiger partial charge is 0.380 e. The first-order valence-corrected chi connectivity index (χ1v) is 7.00. The van der Waals surface area contributed by atoms with Crippen molar-refractivity contribution in [1.29, 1.82) is 0 Å². The van der Waals surface area contributed by atoms with Gasteiger partial charge in [0.05, 0.1) is 11.5 Å². The van der Waals surface area contributed by atoms with Gasteiger partial charge in [0.15, 0.2) is 0 Å². The van der Waals surface area contributed by atoms with Crippen molar-refractivity contribution in [2.45, 2.75) is 11.8 Å². The molecule has 1 heterocycles. The van der Waals surface area contributed by atoms with E-state index < -0.39 is 0 Å². The number of nitro groups is 1. The highest BCUT2D eigenvalue weighted by molar-refractivity contribution is 9.08. The number of halogens is 1. The molecule has 0 bridgehead atoms. The number of hydrogen-bond donors (Lipinski definition) is 0. The maximum absolute atomic E-state index is 10.8. The third-order valence-corrected chi connectivity index (χ3v) is 3.58. The zero-order valence-corrected chi connectivity index (χ0v) is 11.6. The summed E-state index contributed by atoms with van der Waals surface area (Å²) in [5.74, 6) is 0. The minimum absolute atomic E-state index is 0.138. The molecule has 0 aromatic heterocycles. The van der Waals surface area contributed by atoms with Crippen molar-refractivity contribution >= 4 is 27.3 Å². The van der Waals surface area contributed by atoms with E-state index in [4.69, 9.17) is 4.74 Å². The third kappa shape index (κ3) is 3.00. The second kappa shape index (κ2) is 6.15. The van der Waals surface area contributed by atoms with Crippen molar-refractivity contribution in [3.8, 4) is 0 Å². The highest BCUT2D eigenvalue weighted by Crippen LogP contribution is 2.28. The van der Waals surface area contributed by atoms with Crippen LogP contribution in [0.25, 0.3) is 0 Å². The lowest BCUT2D eigenvalue weighted by Gasteiger charge is -2.24. The molecule has 1 saturated heterocycles. The summed E-state index contributed by atoms with van der Waals surface area (Å²) in [5.41, 5.74) is 2.15. The molecule has 98 valence electrons. The van der Waals surface area contributed by atoms with Crippen molar-refractivity contribution in [2.75, 3.05) is 31.2 Å². The van der Waals surface area contributed by atoms with Crippen molar-refractivity contribution in [3.05, 3.63) is 33.9 Å². The van der Waals surface area contributed by atoms with Crippen LogP contribution < -0.4 is 4.90 Å². The van der Waals surface area contributed by atoms with Gasteiger partial charge in [0.25, 0.3) is 5.69 Å². The molecular formula is C12H15BrN2O3. The smallest absolute Gasteiger partial charge is 0.269 e. The lowest BCUT2D eigenvalue weighted by Crippen LogP contribution is -2.26. The molecule has 0 amide bonds. The Kier molecular flexibility index (Phi) is 4.54. The van der Waals surface area contributed by atoms with E-state index in [1.807, 2.05) is 6.07 Å². The molecule has 1 aliphatic heterocycles. The van der Waals surface area contributed by atoms with Crippen LogP contribution >= 0.6 is 15.9 Å². The van der Waals surface area contributed by atoms with Gasteiger partial charge < -0.3 is 9.64 Å². The Morgan fingerprint density at radius 2 is 2.22 bits per heavy atom. The number of alkyl halides is 1. The van der Waals surface area contributed by atoms with Gasteiger partial charge in [-0.2, -0.15) is 0 Å². The van der Waals surface area contributed by atoms with Gasteiger partial charge in [-0.05, 0) is 18.1 Å². The van der Waals surface area contributed by atoms with Crippen molar-refractivity contribution in [2.24, 2.45) is 0 Å². The molecule has 2 rings (SSSR count). The summed E-state index contributed by atoms with van der Waals surface area (Å²) in [5, 5.41) is 11.4. The van der Waals surface area contributed by atoms with E-state index in [-0.39, 0.29) is 10.6 Å². The zero-order chi connectivity index (χ0) is 13.0. The summed E-state index contributed by atoms with van der Waals surface area (Å²) >= 11 is 3.40. The fraction of sp³-hybridized carbons (Fsp3) is 0.500. The molecule has 1 aliphatic rings. The standard InChI is InChI=1S/C12H15BrN2O3/c13-9-10-8-11(15(16)17)2-3-12(10)14-4-1-6-18-7-5-14/h2-3,8H,1,4-7,9H2. The summed E-state index contributed by atoms with van der Waals surface area (Å²) in [6.45, 7) is 3.25. The predicted molar refractivity (Wildman–Crippen MR) is 73.4 cm³/mol. The molecule has 0 radical (unpaired) electrons. The van der Waals surface area contributed by atoms with Gasteiger partial charge in [-0.1, -0.05) is 15.9 Å². The SMILES string of the molecule is O=[N+]([O-])c1ccc(N2CCCOCC2)c(CBr)c1. The van der Waals surface area contributed by atoms with Crippen LogP contribution in [0.4, 0.5) is 11.4 Å². The number of non-ortho nitro benzene ring substituents is 1. The minimum atomic E-state index is -0.360. The molecule has 6 heteroatoms. The monoisotopic (exact) mass is 314 g/mol. The summed E-state index contributed by atoms with van der Waals surface area (Å²) in [7, 11) is 0. The van der Waals surface area contributed by atoms with Crippen molar-refractivity contribution in [1.82, 2.24) is 0 Å². The Morgan fingerprint density at radius 1 is 1.39 bits per heavy atom. The number of benzene rings is 1. The van der Waals surface area contributed by atoms with E-state index in [9.17, 15) is 10.1 Å². The minimum Gasteiger partial charge on any atom is -0.380 e. The Labute approximate surface area is 114 Å². The number of hydrogen-bond acceptors (Lipinski definition) is 4. The number of anilines is 1. The van der Waals surface area contributed by atoms with Crippen LogP contribution in [0.2, 0.25) is 0 Å². The maximum atomic E-state index is 10.8. The second-order valence-corrected chi connectivity index (χ2v) is 4.72. The van der Waals surface area contributed by atoms with Crippen molar-refractivity contribution < 1.29 is 9.66 Å². The Balaban J connectivity index is 2.28. The summed E-state index contributed by atoms with van der Waals surface area (Å²) in [6.07, 6.45) is 0.985. The lowest BCUT2D eigenvalue weighted by molar-refractivity contribution is -0.384. The van der Waals surface area contributed by atoms with E-state index in [1.165, 1.54) is 0 Å². The Bertz CT molecular complexity index is 431. The van der Waals surface area contributed by atoms with E-state index in [2.05, 4.69) is 20.8 Å². The summed E-state index contributed by atoms with van der Waals surface area (Å²) in [6, 6.07) is 5.03. The summed E-state index contributed by atoms with van der Waals surface area (Å²) in [4.78, 5) is 12.6. The fourth-order valence-electron chi connectivity index (χ4n) is 2.09. The van der Waals surface area contributed by atoms with Crippen LogP contribution in [0.3, 0.4) is 0 Å². The number of nitro benzene ring substituents is 1. The second-order valence-electron chi connectivity index (χ2n) is 4.16. The van der Waals surface area contributed by atoms with E-state index in [1.54, 1.807) is 12.1 Å². The van der Waals surface area contributed by atoms with Gasteiger partial charge in [-0.25, -0.2) is 0 Å². The molecule has 1 aromatic rings. The highest BCUT2D eigenvalue weighted by Gasteiger charge is 2.16. The van der Waals surface area contributed by atoms with Gasteiger partial charge >= 0.3 is 0 Å². The molecule has 0 unspecified atom stereocenters. The van der Waals surface area contributed by atoms with Crippen LogP contribution in [0, 0.1) is 10.1 Å². The first-order chi connectivity index (χ1) is 8.72. The van der Waals surface area contributed by atoms with Crippen LogP contribution in [-0.2, 0) is 10.1 Å². The topological polar surface area (TPSA) is 55.6 Å². The molecule has 0 N–H and O–H groups in total. The number of ether oxygens (including phenoxy) is 1. The quantitative estimate of drug-likeness (QED) is 0.489. The van der Waals surface area contributed by atoms with Gasteiger partial charge in [0.1, 0.15) is 0 Å². The summed E-state index contributed by atoms with van der Waals surface area (Å²) < 4.78 is 5.42. The first-order valence-electron chi connectivity index (χ1n) is 5.88. The van der Waals surface area contributed by atoms with Crippen LogP contribution in [0.15, 0.2) is 18.2 Å². The van der Waals surface area contributed by atoms with Crippen LogP contribution in [0.5, 0.6) is 0 Å². The molecule has 18 heavy (non-hydrogen) atoms. The van der Waals surface area contributed by atoms with Gasteiger partial charge in [0.2, 0.25) is 0 Å². The van der Waals surface area contributed by atoms with Gasteiger partial charge in [-0.15, -0.1) is 0 Å². The number of rotatable bonds is 3. The van der Waals surface area contributed by atoms with Crippen LogP contribution in [-0.4, -0.2) is 31.2 Å². The molecular weight excluding hydrogens is 300 g/mol. The zero-order valence-electron chi connectivity index (χ0n) is 9.97. The Hall–Kier alpha value is -1.14.